The third-order valence-corrected chi connectivity index (χ3v) is 9.17. The average molecular weight is 377 g/mol. The molecule has 4 aliphatic rings. The normalized spacial score (nSPS) is 48.7. The van der Waals surface area contributed by atoms with E-state index in [1.807, 2.05) is 0 Å². The lowest BCUT2D eigenvalue weighted by Crippen LogP contribution is -2.54. The summed E-state index contributed by atoms with van der Waals surface area (Å²) in [6.45, 7) is 8.00. The zero-order valence-electron chi connectivity index (χ0n) is 17.5. The zero-order chi connectivity index (χ0) is 19.4. The molecular weight excluding hydrogens is 340 g/mol. The predicted octanol–water partition coefficient (Wildman–Crippen LogP) is 4.89. The number of carbonyl (C=O) groups is 2. The van der Waals surface area contributed by atoms with Gasteiger partial charge in [0.05, 0.1) is 0 Å². The molecular formula is C23H36O4. The summed E-state index contributed by atoms with van der Waals surface area (Å²) in [5.74, 6) is 2.69. The van der Waals surface area contributed by atoms with Crippen LogP contribution in [-0.4, -0.2) is 24.1 Å². The second-order valence-electron chi connectivity index (χ2n) is 10.4. The Morgan fingerprint density at radius 2 is 1.44 bits per heavy atom. The first-order valence-corrected chi connectivity index (χ1v) is 11.1. The van der Waals surface area contributed by atoms with Crippen molar-refractivity contribution < 1.29 is 19.1 Å². The van der Waals surface area contributed by atoms with Gasteiger partial charge in [-0.3, -0.25) is 9.59 Å². The molecule has 0 aromatic rings. The summed E-state index contributed by atoms with van der Waals surface area (Å²) in [6, 6.07) is 0. The van der Waals surface area contributed by atoms with Crippen LogP contribution < -0.4 is 0 Å². The van der Waals surface area contributed by atoms with Crippen LogP contribution in [0.5, 0.6) is 0 Å². The first-order chi connectivity index (χ1) is 12.7. The van der Waals surface area contributed by atoms with Crippen molar-refractivity contribution in [3.05, 3.63) is 0 Å². The molecule has 4 nitrogen and oxygen atoms in total. The topological polar surface area (TPSA) is 52.6 Å². The van der Waals surface area contributed by atoms with Crippen molar-refractivity contribution in [1.29, 1.82) is 0 Å². The summed E-state index contributed by atoms with van der Waals surface area (Å²) in [4.78, 5) is 23.0. The number of hydrogen-bond acceptors (Lipinski definition) is 4. The lowest BCUT2D eigenvalue weighted by molar-refractivity contribution is -0.167. The zero-order valence-corrected chi connectivity index (χ0v) is 17.5. The Morgan fingerprint density at radius 3 is 2.15 bits per heavy atom. The molecule has 0 aliphatic heterocycles. The van der Waals surface area contributed by atoms with Crippen LogP contribution in [0, 0.1) is 34.5 Å². The maximum absolute atomic E-state index is 11.6. The van der Waals surface area contributed by atoms with Gasteiger partial charge in [-0.05, 0) is 86.9 Å². The Balaban J connectivity index is 1.51. The molecule has 2 unspecified atom stereocenters. The molecule has 4 saturated carbocycles. The molecule has 4 rings (SSSR count). The van der Waals surface area contributed by atoms with Crippen LogP contribution >= 0.6 is 0 Å². The molecule has 4 aliphatic carbocycles. The second-order valence-corrected chi connectivity index (χ2v) is 10.4. The minimum Gasteiger partial charge on any atom is -0.463 e. The first-order valence-electron chi connectivity index (χ1n) is 11.1. The van der Waals surface area contributed by atoms with E-state index >= 15 is 0 Å². The van der Waals surface area contributed by atoms with Gasteiger partial charge in [-0.2, -0.15) is 0 Å². The van der Waals surface area contributed by atoms with E-state index in [1.54, 1.807) is 6.92 Å². The first kappa shape index (κ1) is 19.3. The Labute approximate surface area is 163 Å². The highest BCUT2D eigenvalue weighted by Crippen LogP contribution is 2.66. The van der Waals surface area contributed by atoms with Crippen LogP contribution in [-0.2, 0) is 19.1 Å². The molecule has 0 N–H and O–H groups in total. The Kier molecular flexibility index (Phi) is 4.83. The van der Waals surface area contributed by atoms with E-state index in [1.165, 1.54) is 45.4 Å². The number of carbonyl (C=O) groups excluding carboxylic acids is 2. The van der Waals surface area contributed by atoms with E-state index < -0.39 is 0 Å². The van der Waals surface area contributed by atoms with E-state index in [0.717, 1.165) is 31.1 Å². The van der Waals surface area contributed by atoms with Crippen molar-refractivity contribution in [2.24, 2.45) is 34.5 Å². The average Bonchev–Trinajstić information content (AvgIpc) is 2.91. The fourth-order valence-corrected chi connectivity index (χ4v) is 7.91. The monoisotopic (exact) mass is 376 g/mol. The van der Waals surface area contributed by atoms with Crippen LogP contribution in [0.3, 0.4) is 0 Å². The van der Waals surface area contributed by atoms with Gasteiger partial charge in [-0.25, -0.2) is 0 Å². The van der Waals surface area contributed by atoms with Gasteiger partial charge in [-0.15, -0.1) is 0 Å². The second kappa shape index (κ2) is 6.77. The van der Waals surface area contributed by atoms with Crippen LogP contribution in [0.25, 0.3) is 0 Å². The highest BCUT2D eigenvalue weighted by atomic mass is 16.5. The van der Waals surface area contributed by atoms with Crippen molar-refractivity contribution >= 4 is 11.9 Å². The number of fused-ring (bicyclic) bond motifs is 5. The number of ether oxygens (including phenoxy) is 2. The summed E-state index contributed by atoms with van der Waals surface area (Å²) in [6.07, 6.45) is 10.8. The molecule has 0 aromatic carbocycles. The smallest absolute Gasteiger partial charge is 0.302 e. The lowest BCUT2D eigenvalue weighted by atomic mass is 9.45. The summed E-state index contributed by atoms with van der Waals surface area (Å²) in [7, 11) is 0. The Morgan fingerprint density at radius 1 is 0.778 bits per heavy atom. The SMILES string of the molecule is CC(=O)OC1CC[C@@]2(C)[C@@H](CC[C@@H]3[C@@H]2CC[C@]2(C)C(OC(C)=O)CC[C@@H]32)C1. The van der Waals surface area contributed by atoms with Gasteiger partial charge in [0.25, 0.3) is 0 Å². The van der Waals surface area contributed by atoms with E-state index in [0.29, 0.717) is 17.3 Å². The van der Waals surface area contributed by atoms with Gasteiger partial charge in [-0.1, -0.05) is 13.8 Å². The third kappa shape index (κ3) is 3.11. The predicted molar refractivity (Wildman–Crippen MR) is 103 cm³/mol. The molecule has 0 aromatic heterocycles. The fraction of sp³-hybridized carbons (Fsp3) is 0.913. The molecule has 0 heterocycles. The standard InChI is InChI=1S/C23H36O4/c1-14(24)26-17-9-11-22(3)16(13-17)5-6-18-19-7-8-21(27-15(2)25)23(19,4)12-10-20(18)22/h16-21H,5-13H2,1-4H3/t16-,17?,18-,19-,20-,21?,22-,23-/m0/s1. The molecule has 8 atom stereocenters. The molecule has 27 heavy (non-hydrogen) atoms. The number of hydrogen-bond donors (Lipinski definition) is 0. The molecule has 4 heteroatoms. The minimum atomic E-state index is -0.131. The highest BCUT2D eigenvalue weighted by Gasteiger charge is 2.61. The molecule has 0 spiro atoms. The number of esters is 2. The maximum Gasteiger partial charge on any atom is 0.302 e. The van der Waals surface area contributed by atoms with Crippen molar-refractivity contribution in [2.75, 3.05) is 0 Å². The van der Waals surface area contributed by atoms with Crippen LogP contribution in [0.4, 0.5) is 0 Å². The van der Waals surface area contributed by atoms with E-state index in [2.05, 4.69) is 13.8 Å². The maximum atomic E-state index is 11.6. The van der Waals surface area contributed by atoms with Crippen LogP contribution in [0.1, 0.15) is 85.5 Å². The fourth-order valence-electron chi connectivity index (χ4n) is 7.91. The molecule has 0 bridgehead atoms. The van der Waals surface area contributed by atoms with Gasteiger partial charge in [0.15, 0.2) is 0 Å². The molecule has 0 saturated heterocycles. The largest absolute Gasteiger partial charge is 0.463 e. The van der Waals surface area contributed by atoms with E-state index in [-0.39, 0.29) is 29.6 Å². The van der Waals surface area contributed by atoms with Crippen LogP contribution in [0.2, 0.25) is 0 Å². The van der Waals surface area contributed by atoms with Gasteiger partial charge in [0.2, 0.25) is 0 Å². The Hall–Kier alpha value is -1.06. The summed E-state index contributed by atoms with van der Waals surface area (Å²) < 4.78 is 11.3. The van der Waals surface area contributed by atoms with Gasteiger partial charge < -0.3 is 9.47 Å². The van der Waals surface area contributed by atoms with E-state index in [4.69, 9.17) is 9.47 Å². The molecule has 0 radical (unpaired) electrons. The van der Waals surface area contributed by atoms with Gasteiger partial charge >= 0.3 is 11.9 Å². The third-order valence-electron chi connectivity index (χ3n) is 9.17. The van der Waals surface area contributed by atoms with Crippen molar-refractivity contribution in [3.63, 3.8) is 0 Å². The van der Waals surface area contributed by atoms with Crippen molar-refractivity contribution in [3.8, 4) is 0 Å². The highest BCUT2D eigenvalue weighted by molar-refractivity contribution is 5.66. The van der Waals surface area contributed by atoms with E-state index in [9.17, 15) is 9.59 Å². The molecule has 152 valence electrons. The lowest BCUT2D eigenvalue weighted by Gasteiger charge is -2.60. The van der Waals surface area contributed by atoms with Crippen molar-refractivity contribution in [1.82, 2.24) is 0 Å². The summed E-state index contributed by atoms with van der Waals surface area (Å²) in [5, 5.41) is 0. The number of rotatable bonds is 2. The molecule has 0 amide bonds. The summed E-state index contributed by atoms with van der Waals surface area (Å²) >= 11 is 0. The Bertz CT molecular complexity index is 615. The van der Waals surface area contributed by atoms with Crippen LogP contribution in [0.15, 0.2) is 0 Å². The quantitative estimate of drug-likeness (QED) is 0.644. The van der Waals surface area contributed by atoms with Crippen molar-refractivity contribution in [2.45, 2.75) is 97.7 Å². The van der Waals surface area contributed by atoms with Gasteiger partial charge in [0.1, 0.15) is 12.2 Å². The summed E-state index contributed by atoms with van der Waals surface area (Å²) in [5.41, 5.74) is 0.561. The minimum absolute atomic E-state index is 0.117. The van der Waals surface area contributed by atoms with Gasteiger partial charge in [0, 0.05) is 19.3 Å². The molecule has 4 fully saturated rings.